The van der Waals surface area contributed by atoms with Gasteiger partial charge in [-0.25, -0.2) is 4.39 Å². The Balaban J connectivity index is 1.32. The molecule has 37 heavy (non-hydrogen) atoms. The van der Waals surface area contributed by atoms with Crippen LogP contribution in [0.25, 0.3) is 0 Å². The molecule has 2 saturated heterocycles. The van der Waals surface area contributed by atoms with Gasteiger partial charge in [0.15, 0.2) is 0 Å². The average Bonchev–Trinajstić information content (AvgIpc) is 3.28. The summed E-state index contributed by atoms with van der Waals surface area (Å²) in [6.45, 7) is 5.49. The van der Waals surface area contributed by atoms with E-state index in [0.717, 1.165) is 24.3 Å². The van der Waals surface area contributed by atoms with Crippen LogP contribution in [0.2, 0.25) is 0 Å². The molecule has 0 unspecified atom stereocenters. The molecule has 2 aliphatic heterocycles. The zero-order valence-electron chi connectivity index (χ0n) is 21.6. The van der Waals surface area contributed by atoms with E-state index in [-0.39, 0.29) is 30.5 Å². The van der Waals surface area contributed by atoms with E-state index >= 15 is 0 Å². The van der Waals surface area contributed by atoms with Crippen molar-refractivity contribution in [3.8, 4) is 11.5 Å². The Morgan fingerprint density at radius 2 is 1.78 bits per heavy atom. The minimum absolute atomic E-state index is 0.0281. The summed E-state index contributed by atoms with van der Waals surface area (Å²) in [5.41, 5.74) is 1.52. The molecular weight excluding hydrogens is 479 g/mol. The van der Waals surface area contributed by atoms with Gasteiger partial charge >= 0.3 is 5.97 Å². The Morgan fingerprint density at radius 3 is 2.46 bits per heavy atom. The second-order valence-electron chi connectivity index (χ2n) is 9.47. The minimum atomic E-state index is -0.816. The fraction of sp³-hybridized carbons (Fsp3) is 0.536. The first-order valence-corrected chi connectivity index (χ1v) is 13.0. The van der Waals surface area contributed by atoms with Crippen LogP contribution in [-0.4, -0.2) is 75.9 Å². The van der Waals surface area contributed by atoms with Crippen LogP contribution in [0.1, 0.15) is 32.6 Å². The van der Waals surface area contributed by atoms with Crippen LogP contribution in [0.15, 0.2) is 42.5 Å². The molecule has 9 heteroatoms. The molecule has 8 nitrogen and oxygen atoms in total. The number of benzene rings is 2. The Bertz CT molecular complexity index is 1010. The lowest BCUT2D eigenvalue weighted by molar-refractivity contribution is -0.137. The van der Waals surface area contributed by atoms with E-state index in [4.69, 9.17) is 18.9 Å². The summed E-state index contributed by atoms with van der Waals surface area (Å²) < 4.78 is 37.1. The molecule has 0 spiro atoms. The standard InChI is InChI=1S/C28H37FN2O6/c1-3-35-24-8-9-26(29)27(18-24)30-12-10-23(11-13-30)37-22-6-4-20(5-7-22)31-19-25(36-15-14-34-2)16-21(31)17-28(32)33/h4-9,18,21,23,25H,3,10-17,19H2,1-2H3,(H,32,33)/t21-,25-/m1/s1. The SMILES string of the molecule is CCOc1ccc(F)c(N2CCC(Oc3ccc(N4C[C@H](OCCOC)C[C@@H]4CC(=O)O)cc3)CC2)c1. The van der Waals surface area contributed by atoms with Gasteiger partial charge in [0.25, 0.3) is 0 Å². The van der Waals surface area contributed by atoms with E-state index in [9.17, 15) is 14.3 Å². The van der Waals surface area contributed by atoms with Crippen molar-refractivity contribution in [2.45, 2.75) is 50.9 Å². The van der Waals surface area contributed by atoms with Crippen LogP contribution in [0.5, 0.6) is 11.5 Å². The fourth-order valence-electron chi connectivity index (χ4n) is 5.12. The maximum absolute atomic E-state index is 14.4. The van der Waals surface area contributed by atoms with E-state index in [1.54, 1.807) is 19.2 Å². The third-order valence-electron chi connectivity index (χ3n) is 6.91. The highest BCUT2D eigenvalue weighted by Crippen LogP contribution is 2.32. The normalized spacial score (nSPS) is 20.3. The molecule has 0 amide bonds. The Hall–Kier alpha value is -3.04. The maximum Gasteiger partial charge on any atom is 0.305 e. The molecule has 2 heterocycles. The summed E-state index contributed by atoms with van der Waals surface area (Å²) in [6, 6.07) is 12.6. The van der Waals surface area contributed by atoms with Gasteiger partial charge in [0.05, 0.1) is 38.0 Å². The first-order chi connectivity index (χ1) is 18.0. The molecule has 2 aliphatic rings. The number of rotatable bonds is 12. The lowest BCUT2D eigenvalue weighted by atomic mass is 10.1. The monoisotopic (exact) mass is 516 g/mol. The summed E-state index contributed by atoms with van der Waals surface area (Å²) in [7, 11) is 1.63. The van der Waals surface area contributed by atoms with E-state index < -0.39 is 5.97 Å². The molecule has 0 saturated carbocycles. The molecule has 2 fully saturated rings. The number of carbonyl (C=O) groups is 1. The molecule has 1 N–H and O–H groups in total. The number of anilines is 2. The average molecular weight is 517 g/mol. The van der Waals surface area contributed by atoms with E-state index in [1.165, 1.54) is 6.07 Å². The second kappa shape index (κ2) is 13.0. The molecule has 0 aromatic heterocycles. The molecule has 0 aliphatic carbocycles. The summed E-state index contributed by atoms with van der Waals surface area (Å²) in [5, 5.41) is 9.37. The van der Waals surface area contributed by atoms with Crippen molar-refractivity contribution in [3.05, 3.63) is 48.3 Å². The number of carboxylic acid groups (broad SMARTS) is 1. The molecule has 0 radical (unpaired) electrons. The van der Waals surface area contributed by atoms with Crippen molar-refractivity contribution >= 4 is 17.3 Å². The molecule has 2 atom stereocenters. The summed E-state index contributed by atoms with van der Waals surface area (Å²) in [4.78, 5) is 15.6. The van der Waals surface area contributed by atoms with Gasteiger partial charge in [-0.2, -0.15) is 0 Å². The van der Waals surface area contributed by atoms with Crippen molar-refractivity contribution in [2.24, 2.45) is 0 Å². The van der Waals surface area contributed by atoms with E-state index in [2.05, 4.69) is 4.90 Å². The van der Waals surface area contributed by atoms with Crippen LogP contribution in [0.3, 0.4) is 0 Å². The van der Waals surface area contributed by atoms with Crippen LogP contribution >= 0.6 is 0 Å². The molecular formula is C28H37FN2O6. The van der Waals surface area contributed by atoms with Crippen molar-refractivity contribution in [3.63, 3.8) is 0 Å². The third kappa shape index (κ3) is 7.26. The summed E-state index contributed by atoms with van der Waals surface area (Å²) in [6.07, 6.45) is 2.32. The summed E-state index contributed by atoms with van der Waals surface area (Å²) in [5.74, 6) is 0.388. The molecule has 202 valence electrons. The molecule has 2 aromatic rings. The van der Waals surface area contributed by atoms with Gasteiger partial charge in [0, 0.05) is 57.4 Å². The molecule has 4 rings (SSSR count). The minimum Gasteiger partial charge on any atom is -0.494 e. The Kier molecular flexibility index (Phi) is 9.46. The third-order valence-corrected chi connectivity index (χ3v) is 6.91. The van der Waals surface area contributed by atoms with Gasteiger partial charge in [-0.1, -0.05) is 0 Å². The first-order valence-electron chi connectivity index (χ1n) is 13.0. The van der Waals surface area contributed by atoms with Gasteiger partial charge in [-0.3, -0.25) is 4.79 Å². The number of ether oxygens (including phenoxy) is 4. The maximum atomic E-state index is 14.4. The van der Waals surface area contributed by atoms with Gasteiger partial charge in [-0.15, -0.1) is 0 Å². The number of hydrogen-bond donors (Lipinski definition) is 1. The van der Waals surface area contributed by atoms with E-state index in [1.807, 2.05) is 36.1 Å². The fourth-order valence-corrected chi connectivity index (χ4v) is 5.12. The van der Waals surface area contributed by atoms with Crippen LogP contribution in [0, 0.1) is 5.82 Å². The van der Waals surface area contributed by atoms with Crippen molar-refractivity contribution in [2.75, 3.05) is 56.4 Å². The van der Waals surface area contributed by atoms with Crippen molar-refractivity contribution in [1.82, 2.24) is 0 Å². The number of aliphatic carboxylic acids is 1. The van der Waals surface area contributed by atoms with E-state index in [0.29, 0.717) is 57.3 Å². The largest absolute Gasteiger partial charge is 0.494 e. The molecule has 2 aromatic carbocycles. The second-order valence-corrected chi connectivity index (χ2v) is 9.47. The number of halogens is 1. The van der Waals surface area contributed by atoms with Crippen LogP contribution in [-0.2, 0) is 14.3 Å². The first kappa shape index (κ1) is 27.0. The quantitative estimate of drug-likeness (QED) is 0.417. The lowest BCUT2D eigenvalue weighted by Gasteiger charge is -2.34. The van der Waals surface area contributed by atoms with Gasteiger partial charge < -0.3 is 33.9 Å². The number of nitrogens with zero attached hydrogens (tertiary/aromatic N) is 2. The summed E-state index contributed by atoms with van der Waals surface area (Å²) >= 11 is 0. The van der Waals surface area contributed by atoms with Gasteiger partial charge in [-0.05, 0) is 49.7 Å². The number of carboxylic acids is 1. The highest BCUT2D eigenvalue weighted by atomic mass is 19.1. The van der Waals surface area contributed by atoms with Gasteiger partial charge in [0.1, 0.15) is 23.4 Å². The topological polar surface area (TPSA) is 80.7 Å². The predicted molar refractivity (Wildman–Crippen MR) is 139 cm³/mol. The van der Waals surface area contributed by atoms with Crippen molar-refractivity contribution < 1.29 is 33.2 Å². The Morgan fingerprint density at radius 1 is 1.05 bits per heavy atom. The number of methoxy groups -OCH3 is 1. The number of hydrogen-bond acceptors (Lipinski definition) is 7. The molecule has 0 bridgehead atoms. The lowest BCUT2D eigenvalue weighted by Crippen LogP contribution is -2.38. The zero-order chi connectivity index (χ0) is 26.2. The van der Waals surface area contributed by atoms with Crippen LogP contribution in [0.4, 0.5) is 15.8 Å². The highest BCUT2D eigenvalue weighted by molar-refractivity contribution is 5.69. The Labute approximate surface area is 217 Å². The zero-order valence-corrected chi connectivity index (χ0v) is 21.6. The predicted octanol–water partition coefficient (Wildman–Crippen LogP) is 4.36. The van der Waals surface area contributed by atoms with Crippen LogP contribution < -0.4 is 19.3 Å². The highest BCUT2D eigenvalue weighted by Gasteiger charge is 2.34. The smallest absolute Gasteiger partial charge is 0.305 e. The van der Waals surface area contributed by atoms with Gasteiger partial charge in [0.2, 0.25) is 0 Å². The van der Waals surface area contributed by atoms with Crippen molar-refractivity contribution in [1.29, 1.82) is 0 Å². The number of piperidine rings is 1.